The van der Waals surface area contributed by atoms with Gasteiger partial charge in [-0.25, -0.2) is 0 Å². The predicted octanol–water partition coefficient (Wildman–Crippen LogP) is 3.14. The lowest BCUT2D eigenvalue weighted by Gasteiger charge is -2.17. The molecule has 0 bridgehead atoms. The second-order valence-electron chi connectivity index (χ2n) is 4.05. The van der Waals surface area contributed by atoms with E-state index >= 15 is 0 Å². The van der Waals surface area contributed by atoms with Gasteiger partial charge in [0.05, 0.1) is 6.61 Å². The summed E-state index contributed by atoms with van der Waals surface area (Å²) in [5, 5.41) is 3.47. The van der Waals surface area contributed by atoms with Gasteiger partial charge in [-0.05, 0) is 31.5 Å². The number of ether oxygens (including phenoxy) is 1. The Kier molecular flexibility index (Phi) is 4.63. The summed E-state index contributed by atoms with van der Waals surface area (Å²) < 4.78 is 5.40. The second kappa shape index (κ2) is 5.76. The third kappa shape index (κ3) is 3.92. The first kappa shape index (κ1) is 12.1. The lowest BCUT2D eigenvalue weighted by atomic mass is 10.1. The Morgan fingerprint density at radius 3 is 2.20 bits per heavy atom. The molecule has 0 heterocycles. The summed E-state index contributed by atoms with van der Waals surface area (Å²) in [5.74, 6) is 0.943. The Hall–Kier alpha value is -1.02. The molecule has 1 aromatic rings. The largest absolute Gasteiger partial charge is 0.494 e. The van der Waals surface area contributed by atoms with E-state index in [-0.39, 0.29) is 0 Å². The van der Waals surface area contributed by atoms with Crippen molar-refractivity contribution in [2.75, 3.05) is 6.61 Å². The molecule has 0 saturated carbocycles. The van der Waals surface area contributed by atoms with Crippen LogP contribution in [0.2, 0.25) is 0 Å². The van der Waals surface area contributed by atoms with Crippen LogP contribution >= 0.6 is 0 Å². The quantitative estimate of drug-likeness (QED) is 0.801. The van der Waals surface area contributed by atoms with Crippen LogP contribution in [0.3, 0.4) is 0 Å². The highest BCUT2D eigenvalue weighted by molar-refractivity contribution is 5.28. The van der Waals surface area contributed by atoms with Gasteiger partial charge in [-0.3, -0.25) is 0 Å². The number of rotatable bonds is 5. The van der Waals surface area contributed by atoms with Crippen LogP contribution in [0.5, 0.6) is 5.75 Å². The van der Waals surface area contributed by atoms with Crippen molar-refractivity contribution in [2.45, 2.75) is 39.8 Å². The third-order valence-corrected chi connectivity index (χ3v) is 2.27. The average Bonchev–Trinajstić information content (AvgIpc) is 2.18. The summed E-state index contributed by atoms with van der Waals surface area (Å²) in [6.45, 7) is 9.21. The molecule has 0 aliphatic heterocycles. The predicted molar refractivity (Wildman–Crippen MR) is 64.3 cm³/mol. The number of benzene rings is 1. The second-order valence-corrected chi connectivity index (χ2v) is 4.05. The van der Waals surface area contributed by atoms with Crippen LogP contribution in [0.1, 0.15) is 39.3 Å². The van der Waals surface area contributed by atoms with E-state index in [0.717, 1.165) is 12.4 Å². The first-order valence-corrected chi connectivity index (χ1v) is 5.62. The highest BCUT2D eigenvalue weighted by Gasteiger charge is 2.05. The van der Waals surface area contributed by atoms with Gasteiger partial charge >= 0.3 is 0 Å². The molecule has 1 atom stereocenters. The van der Waals surface area contributed by atoms with Crippen molar-refractivity contribution in [2.24, 2.45) is 0 Å². The van der Waals surface area contributed by atoms with Gasteiger partial charge in [-0.15, -0.1) is 0 Å². The minimum absolute atomic E-state index is 0.390. The number of hydrogen-bond donors (Lipinski definition) is 1. The fourth-order valence-electron chi connectivity index (χ4n) is 1.62. The van der Waals surface area contributed by atoms with Crippen LogP contribution in [0.4, 0.5) is 0 Å². The fraction of sp³-hybridized carbons (Fsp3) is 0.538. The molecule has 0 amide bonds. The van der Waals surface area contributed by atoms with Gasteiger partial charge < -0.3 is 10.1 Å². The van der Waals surface area contributed by atoms with Crippen LogP contribution < -0.4 is 10.1 Å². The molecule has 84 valence electrons. The van der Waals surface area contributed by atoms with Crippen LogP contribution in [0.15, 0.2) is 24.3 Å². The Labute approximate surface area is 92.6 Å². The molecule has 1 unspecified atom stereocenters. The first-order chi connectivity index (χ1) is 7.13. The van der Waals surface area contributed by atoms with Crippen LogP contribution in [0.25, 0.3) is 0 Å². The molecule has 0 radical (unpaired) electrons. The molecular weight excluding hydrogens is 186 g/mol. The van der Waals surface area contributed by atoms with Gasteiger partial charge in [0.2, 0.25) is 0 Å². The van der Waals surface area contributed by atoms with E-state index in [1.54, 1.807) is 0 Å². The minimum Gasteiger partial charge on any atom is -0.494 e. The molecule has 1 rings (SSSR count). The van der Waals surface area contributed by atoms with Crippen LogP contribution in [-0.4, -0.2) is 12.6 Å². The zero-order chi connectivity index (χ0) is 11.3. The molecule has 0 saturated heterocycles. The summed E-state index contributed by atoms with van der Waals surface area (Å²) in [6.07, 6.45) is 0. The van der Waals surface area contributed by atoms with Crippen molar-refractivity contribution in [3.63, 3.8) is 0 Å². The molecule has 2 heteroatoms. The van der Waals surface area contributed by atoms with E-state index in [9.17, 15) is 0 Å². The fourth-order valence-corrected chi connectivity index (χ4v) is 1.62. The lowest BCUT2D eigenvalue weighted by Crippen LogP contribution is -2.25. The highest BCUT2D eigenvalue weighted by Crippen LogP contribution is 2.17. The Balaban J connectivity index is 2.62. The standard InChI is InChI=1S/C13H21NO/c1-5-15-13-8-6-12(7-9-13)11(4)14-10(2)3/h6-11,14H,5H2,1-4H3. The minimum atomic E-state index is 0.390. The molecule has 0 fully saturated rings. The topological polar surface area (TPSA) is 21.3 Å². The van der Waals surface area contributed by atoms with Crippen molar-refractivity contribution in [3.05, 3.63) is 29.8 Å². The Bertz CT molecular complexity index is 279. The van der Waals surface area contributed by atoms with Crippen molar-refractivity contribution in [3.8, 4) is 5.75 Å². The monoisotopic (exact) mass is 207 g/mol. The number of hydrogen-bond acceptors (Lipinski definition) is 2. The van der Waals surface area contributed by atoms with Crippen LogP contribution in [0, 0.1) is 0 Å². The Morgan fingerprint density at radius 2 is 1.73 bits per heavy atom. The average molecular weight is 207 g/mol. The normalized spacial score (nSPS) is 12.9. The molecule has 1 N–H and O–H groups in total. The molecule has 0 aliphatic carbocycles. The van der Waals surface area contributed by atoms with E-state index in [2.05, 4.69) is 38.2 Å². The van der Waals surface area contributed by atoms with Crippen molar-refractivity contribution in [1.82, 2.24) is 5.32 Å². The van der Waals surface area contributed by atoms with Crippen molar-refractivity contribution < 1.29 is 4.74 Å². The van der Waals surface area contributed by atoms with Crippen LogP contribution in [-0.2, 0) is 0 Å². The molecular formula is C13H21NO. The van der Waals surface area contributed by atoms with Crippen molar-refractivity contribution >= 4 is 0 Å². The maximum atomic E-state index is 5.40. The summed E-state index contributed by atoms with van der Waals surface area (Å²) in [4.78, 5) is 0. The van der Waals surface area contributed by atoms with E-state index in [0.29, 0.717) is 12.1 Å². The van der Waals surface area contributed by atoms with Gasteiger partial charge in [0, 0.05) is 12.1 Å². The molecule has 0 spiro atoms. The highest BCUT2D eigenvalue weighted by atomic mass is 16.5. The molecule has 1 aromatic carbocycles. The molecule has 0 aliphatic rings. The van der Waals surface area contributed by atoms with Gasteiger partial charge in [0.25, 0.3) is 0 Å². The zero-order valence-corrected chi connectivity index (χ0v) is 10.1. The molecule has 2 nitrogen and oxygen atoms in total. The maximum absolute atomic E-state index is 5.40. The molecule has 0 aromatic heterocycles. The van der Waals surface area contributed by atoms with Gasteiger partial charge in [-0.2, -0.15) is 0 Å². The van der Waals surface area contributed by atoms with E-state index in [1.807, 2.05) is 19.1 Å². The summed E-state index contributed by atoms with van der Waals surface area (Å²) in [6, 6.07) is 9.18. The smallest absolute Gasteiger partial charge is 0.119 e. The van der Waals surface area contributed by atoms with E-state index in [4.69, 9.17) is 4.74 Å². The summed E-state index contributed by atoms with van der Waals surface area (Å²) in [5.41, 5.74) is 1.30. The van der Waals surface area contributed by atoms with Crippen molar-refractivity contribution in [1.29, 1.82) is 0 Å². The van der Waals surface area contributed by atoms with Gasteiger partial charge in [-0.1, -0.05) is 26.0 Å². The first-order valence-electron chi connectivity index (χ1n) is 5.62. The zero-order valence-electron chi connectivity index (χ0n) is 10.1. The third-order valence-electron chi connectivity index (χ3n) is 2.27. The van der Waals surface area contributed by atoms with Gasteiger partial charge in [0.1, 0.15) is 5.75 Å². The van der Waals surface area contributed by atoms with Gasteiger partial charge in [0.15, 0.2) is 0 Å². The summed E-state index contributed by atoms with van der Waals surface area (Å²) >= 11 is 0. The molecule has 15 heavy (non-hydrogen) atoms. The number of nitrogens with one attached hydrogen (secondary N) is 1. The summed E-state index contributed by atoms with van der Waals surface area (Å²) in [7, 11) is 0. The SMILES string of the molecule is CCOc1ccc(C(C)NC(C)C)cc1. The maximum Gasteiger partial charge on any atom is 0.119 e. The lowest BCUT2D eigenvalue weighted by molar-refractivity contribution is 0.340. The Morgan fingerprint density at radius 1 is 1.13 bits per heavy atom. The van der Waals surface area contributed by atoms with E-state index < -0.39 is 0 Å². The van der Waals surface area contributed by atoms with E-state index in [1.165, 1.54) is 5.56 Å².